The second-order valence-corrected chi connectivity index (χ2v) is 2.52. The third-order valence-electron chi connectivity index (χ3n) is 1.26. The summed E-state index contributed by atoms with van der Waals surface area (Å²) in [7, 11) is 0. The highest BCUT2D eigenvalue weighted by Gasteiger charge is 2.29. The Balaban J connectivity index is 4.11. The lowest BCUT2D eigenvalue weighted by molar-refractivity contribution is -0.140. The number of aliphatic hydroxyl groups excluding tert-OH is 1. The predicted octanol–water partition coefficient (Wildman–Crippen LogP) is -0.707. The van der Waals surface area contributed by atoms with Crippen LogP contribution in [0.5, 0.6) is 0 Å². The Morgan fingerprint density at radius 1 is 1.33 bits per heavy atom. The van der Waals surface area contributed by atoms with Crippen LogP contribution in [0.1, 0.15) is 0 Å². The Morgan fingerprint density at radius 2 is 1.87 bits per heavy atom. The van der Waals surface area contributed by atoms with Crippen LogP contribution in [-0.2, 0) is 4.79 Å². The van der Waals surface area contributed by atoms with Gasteiger partial charge in [0.05, 0.1) is 6.61 Å². The topological polar surface area (TPSA) is 98.7 Å². The monoisotopic (exact) mass is 230 g/mol. The number of nitrogens with one attached hydrogen (secondary N) is 2. The first kappa shape index (κ1) is 13.5. The van der Waals surface area contributed by atoms with Crippen LogP contribution in [0.4, 0.5) is 18.0 Å². The fourth-order valence-electron chi connectivity index (χ4n) is 0.654. The van der Waals surface area contributed by atoms with Crippen LogP contribution >= 0.6 is 0 Å². The minimum Gasteiger partial charge on any atom is -0.465 e. The van der Waals surface area contributed by atoms with Gasteiger partial charge in [0.2, 0.25) is 5.91 Å². The van der Waals surface area contributed by atoms with E-state index in [1.807, 2.05) is 0 Å². The number of hydrogen-bond acceptors (Lipinski definition) is 3. The number of alkyl halides is 3. The average molecular weight is 230 g/mol. The third-order valence-corrected chi connectivity index (χ3v) is 1.26. The summed E-state index contributed by atoms with van der Waals surface area (Å²) in [6.45, 7) is -2.50. The molecule has 4 N–H and O–H groups in total. The van der Waals surface area contributed by atoms with Gasteiger partial charge in [-0.3, -0.25) is 4.79 Å². The molecule has 1 unspecified atom stereocenters. The second kappa shape index (κ2) is 5.39. The molecule has 6 nitrogen and oxygen atoms in total. The van der Waals surface area contributed by atoms with Crippen molar-refractivity contribution in [2.75, 3.05) is 13.2 Å². The number of amides is 2. The van der Waals surface area contributed by atoms with E-state index in [-0.39, 0.29) is 0 Å². The lowest BCUT2D eigenvalue weighted by Crippen LogP contribution is -2.50. The van der Waals surface area contributed by atoms with Gasteiger partial charge < -0.3 is 20.8 Å². The Hall–Kier alpha value is -1.51. The van der Waals surface area contributed by atoms with E-state index in [2.05, 4.69) is 0 Å². The summed E-state index contributed by atoms with van der Waals surface area (Å²) in [6.07, 6.45) is -6.20. The maximum absolute atomic E-state index is 11.6. The summed E-state index contributed by atoms with van der Waals surface area (Å²) in [6, 6.07) is -1.61. The molecular formula is C6H9F3N2O4. The summed E-state index contributed by atoms with van der Waals surface area (Å²) in [5.74, 6) is -1.24. The van der Waals surface area contributed by atoms with Crippen molar-refractivity contribution in [1.29, 1.82) is 0 Å². The number of aliphatic hydroxyl groups is 1. The molecule has 0 saturated heterocycles. The minimum absolute atomic E-state index is 0.921. The van der Waals surface area contributed by atoms with Gasteiger partial charge in [-0.25, -0.2) is 4.79 Å². The maximum atomic E-state index is 11.6. The van der Waals surface area contributed by atoms with Gasteiger partial charge >= 0.3 is 12.3 Å². The number of rotatable bonds is 4. The van der Waals surface area contributed by atoms with E-state index >= 15 is 0 Å². The molecule has 0 aliphatic carbocycles. The minimum atomic E-state index is -4.58. The molecule has 15 heavy (non-hydrogen) atoms. The first-order valence-corrected chi connectivity index (χ1v) is 3.71. The number of halogens is 3. The highest BCUT2D eigenvalue weighted by atomic mass is 19.4. The quantitative estimate of drug-likeness (QED) is 0.513. The maximum Gasteiger partial charge on any atom is 0.405 e. The van der Waals surface area contributed by atoms with Crippen molar-refractivity contribution in [3.63, 3.8) is 0 Å². The molecule has 0 fully saturated rings. The van der Waals surface area contributed by atoms with Gasteiger partial charge in [-0.15, -0.1) is 0 Å². The highest BCUT2D eigenvalue weighted by Crippen LogP contribution is 2.12. The van der Waals surface area contributed by atoms with E-state index in [1.165, 1.54) is 5.32 Å². The van der Waals surface area contributed by atoms with Crippen LogP contribution < -0.4 is 10.6 Å². The SMILES string of the molecule is O=C(O)NC(CO)C(=O)NCC(F)(F)F. The number of carbonyl (C=O) groups is 2. The van der Waals surface area contributed by atoms with E-state index in [0.29, 0.717) is 0 Å². The molecule has 0 aromatic carbocycles. The van der Waals surface area contributed by atoms with E-state index in [4.69, 9.17) is 10.2 Å². The van der Waals surface area contributed by atoms with Crippen molar-refractivity contribution >= 4 is 12.0 Å². The van der Waals surface area contributed by atoms with Crippen LogP contribution in [0.3, 0.4) is 0 Å². The van der Waals surface area contributed by atoms with Crippen LogP contribution in [0.15, 0.2) is 0 Å². The molecule has 0 aliphatic rings. The van der Waals surface area contributed by atoms with Gasteiger partial charge in [-0.1, -0.05) is 0 Å². The molecule has 0 aromatic heterocycles. The van der Waals surface area contributed by atoms with Crippen molar-refractivity contribution in [3.05, 3.63) is 0 Å². The van der Waals surface area contributed by atoms with E-state index < -0.39 is 37.4 Å². The van der Waals surface area contributed by atoms with Gasteiger partial charge in [0.25, 0.3) is 0 Å². The van der Waals surface area contributed by atoms with E-state index in [9.17, 15) is 22.8 Å². The first-order chi connectivity index (χ1) is 6.76. The lowest BCUT2D eigenvalue weighted by Gasteiger charge is -2.14. The van der Waals surface area contributed by atoms with Crippen molar-refractivity contribution in [2.45, 2.75) is 12.2 Å². The van der Waals surface area contributed by atoms with Crippen molar-refractivity contribution in [1.82, 2.24) is 10.6 Å². The molecule has 9 heteroatoms. The molecule has 2 amide bonds. The van der Waals surface area contributed by atoms with Gasteiger partial charge in [0.1, 0.15) is 12.6 Å². The smallest absolute Gasteiger partial charge is 0.405 e. The molecule has 88 valence electrons. The van der Waals surface area contributed by atoms with Crippen molar-refractivity contribution < 1.29 is 33.0 Å². The largest absolute Gasteiger partial charge is 0.465 e. The Morgan fingerprint density at radius 3 is 2.20 bits per heavy atom. The Bertz CT molecular complexity index is 243. The Labute approximate surface area is 82.1 Å². The third kappa shape index (κ3) is 6.55. The van der Waals surface area contributed by atoms with E-state index in [0.717, 1.165) is 0 Å². The summed E-state index contributed by atoms with van der Waals surface area (Å²) in [5, 5.41) is 19.7. The highest BCUT2D eigenvalue weighted by molar-refractivity contribution is 5.85. The zero-order valence-electron chi connectivity index (χ0n) is 7.34. The number of carbonyl (C=O) groups excluding carboxylic acids is 1. The molecule has 0 saturated carbocycles. The number of carboxylic acid groups (broad SMARTS) is 1. The predicted molar refractivity (Wildman–Crippen MR) is 41.1 cm³/mol. The van der Waals surface area contributed by atoms with Gasteiger partial charge in [0, 0.05) is 0 Å². The first-order valence-electron chi connectivity index (χ1n) is 3.71. The normalized spacial score (nSPS) is 13.1. The standard InChI is InChI=1S/C6H9F3N2O4/c7-6(8,9)2-10-4(13)3(1-12)11-5(14)15/h3,11-12H,1-2H2,(H,10,13)(H,14,15). The van der Waals surface area contributed by atoms with Crippen LogP contribution in [-0.4, -0.2) is 47.6 Å². The van der Waals surface area contributed by atoms with Gasteiger partial charge in [-0.2, -0.15) is 13.2 Å². The van der Waals surface area contributed by atoms with Crippen LogP contribution in [0, 0.1) is 0 Å². The van der Waals surface area contributed by atoms with Crippen molar-refractivity contribution in [3.8, 4) is 0 Å². The molecule has 0 heterocycles. The lowest BCUT2D eigenvalue weighted by atomic mass is 10.3. The van der Waals surface area contributed by atoms with Crippen LogP contribution in [0.2, 0.25) is 0 Å². The van der Waals surface area contributed by atoms with E-state index in [1.54, 1.807) is 5.32 Å². The van der Waals surface area contributed by atoms with Crippen LogP contribution in [0.25, 0.3) is 0 Å². The summed E-state index contributed by atoms with van der Waals surface area (Å²) in [4.78, 5) is 20.9. The summed E-state index contributed by atoms with van der Waals surface area (Å²) < 4.78 is 34.9. The molecule has 0 spiro atoms. The second-order valence-electron chi connectivity index (χ2n) is 2.52. The van der Waals surface area contributed by atoms with Crippen molar-refractivity contribution in [2.24, 2.45) is 0 Å². The fourth-order valence-corrected chi connectivity index (χ4v) is 0.654. The Kier molecular flexibility index (Phi) is 4.85. The zero-order chi connectivity index (χ0) is 12.1. The molecule has 0 aliphatic heterocycles. The average Bonchev–Trinajstić information content (AvgIpc) is 2.08. The summed E-state index contributed by atoms with van der Waals surface area (Å²) >= 11 is 0. The fraction of sp³-hybridized carbons (Fsp3) is 0.667. The zero-order valence-corrected chi connectivity index (χ0v) is 7.34. The molecule has 1 atom stereocenters. The molecule has 0 radical (unpaired) electrons. The molecule has 0 aromatic rings. The summed E-state index contributed by atoms with van der Waals surface area (Å²) in [5.41, 5.74) is 0. The van der Waals surface area contributed by atoms with Gasteiger partial charge in [0.15, 0.2) is 0 Å². The van der Waals surface area contributed by atoms with Gasteiger partial charge in [-0.05, 0) is 0 Å². The molecule has 0 bridgehead atoms. The number of hydrogen-bond donors (Lipinski definition) is 4. The molecular weight excluding hydrogens is 221 g/mol. The molecule has 0 rings (SSSR count).